The van der Waals surface area contributed by atoms with Crippen LogP contribution in [0.2, 0.25) is 0 Å². The van der Waals surface area contributed by atoms with Gasteiger partial charge in [-0.1, -0.05) is 29.8 Å². The maximum Gasteiger partial charge on any atom is 0.435 e. The predicted molar refractivity (Wildman–Crippen MR) is 58.5 cm³/mol. The Labute approximate surface area is 100 Å². The van der Waals surface area contributed by atoms with Gasteiger partial charge in [-0.15, -0.1) is 5.10 Å². The van der Waals surface area contributed by atoms with E-state index in [0.717, 1.165) is 12.5 Å². The van der Waals surface area contributed by atoms with Gasteiger partial charge in [0.2, 0.25) is 0 Å². The van der Waals surface area contributed by atoms with Crippen molar-refractivity contribution >= 4 is 15.9 Å². The number of alkyl halides is 4. The average molecular weight is 297 g/mol. The van der Waals surface area contributed by atoms with Crippen LogP contribution in [0.3, 0.4) is 0 Å². The molecule has 1 rings (SSSR count). The Morgan fingerprint density at radius 3 is 2.31 bits per heavy atom. The maximum absolute atomic E-state index is 12.2. The molecule has 0 aliphatic heterocycles. The molecule has 0 amide bonds. The molecule has 2 nitrogen and oxygen atoms in total. The van der Waals surface area contributed by atoms with Crippen LogP contribution in [0.15, 0.2) is 12.1 Å². The Kier molecular flexibility index (Phi) is 4.29. The minimum atomic E-state index is -4.42. The van der Waals surface area contributed by atoms with Crippen LogP contribution in [0.5, 0.6) is 0 Å². The fourth-order valence-electron chi connectivity index (χ4n) is 1.28. The molecule has 2 atom stereocenters. The Bertz CT molecular complexity index is 337. The lowest BCUT2D eigenvalue weighted by molar-refractivity contribution is -0.141. The van der Waals surface area contributed by atoms with Gasteiger partial charge >= 0.3 is 6.18 Å². The third kappa shape index (κ3) is 3.17. The molecule has 1 aromatic rings. The Balaban J connectivity index is 2.87. The molecular weight excluding hydrogens is 285 g/mol. The average Bonchev–Trinajstić information content (AvgIpc) is 2.26. The summed E-state index contributed by atoms with van der Waals surface area (Å²) in [6.45, 7) is 3.90. The van der Waals surface area contributed by atoms with E-state index < -0.39 is 11.9 Å². The first-order valence-corrected chi connectivity index (χ1v) is 5.82. The molecule has 0 bridgehead atoms. The summed E-state index contributed by atoms with van der Waals surface area (Å²) in [5, 5.41) is 6.81. The van der Waals surface area contributed by atoms with Crippen LogP contribution in [0.25, 0.3) is 0 Å². The molecule has 90 valence electrons. The summed E-state index contributed by atoms with van der Waals surface area (Å²) in [4.78, 5) is 0.193. The van der Waals surface area contributed by atoms with Crippen LogP contribution in [0, 0.1) is 0 Å². The molecule has 16 heavy (non-hydrogen) atoms. The summed E-state index contributed by atoms with van der Waals surface area (Å²) in [5.74, 6) is 0.0415. The third-order valence-corrected chi connectivity index (χ3v) is 3.82. The molecule has 0 saturated heterocycles. The van der Waals surface area contributed by atoms with Crippen LogP contribution in [-0.2, 0) is 6.18 Å². The smallest absolute Gasteiger partial charge is 0.164 e. The van der Waals surface area contributed by atoms with Gasteiger partial charge < -0.3 is 0 Å². The van der Waals surface area contributed by atoms with Gasteiger partial charge in [-0.05, 0) is 18.6 Å². The predicted octanol–water partition coefficient (Wildman–Crippen LogP) is 3.77. The monoisotopic (exact) mass is 296 g/mol. The van der Waals surface area contributed by atoms with Gasteiger partial charge in [-0.2, -0.15) is 18.3 Å². The van der Waals surface area contributed by atoms with E-state index in [1.54, 1.807) is 0 Å². The Hall–Kier alpha value is -0.650. The van der Waals surface area contributed by atoms with Crippen LogP contribution in [0.1, 0.15) is 37.6 Å². The second-order valence-electron chi connectivity index (χ2n) is 3.55. The van der Waals surface area contributed by atoms with E-state index in [0.29, 0.717) is 5.69 Å². The number of nitrogens with zero attached hydrogens (tertiary/aromatic N) is 2. The minimum absolute atomic E-state index is 0.0415. The quantitative estimate of drug-likeness (QED) is 0.794. The standard InChI is InChI=1S/C10H12BrF3N2/c1-3-7(11)6(2)8-4-5-9(16-15-8)10(12,13)14/h4-7H,3H2,1-2H3. The highest BCUT2D eigenvalue weighted by Gasteiger charge is 2.33. The fraction of sp³-hybridized carbons (Fsp3) is 0.600. The van der Waals surface area contributed by atoms with Crippen molar-refractivity contribution in [3.63, 3.8) is 0 Å². The third-order valence-electron chi connectivity index (χ3n) is 2.37. The van der Waals surface area contributed by atoms with E-state index in [2.05, 4.69) is 26.1 Å². The van der Waals surface area contributed by atoms with Gasteiger partial charge in [-0.25, -0.2) is 0 Å². The van der Waals surface area contributed by atoms with Crippen LogP contribution in [0.4, 0.5) is 13.2 Å². The minimum Gasteiger partial charge on any atom is -0.164 e. The highest BCUT2D eigenvalue weighted by molar-refractivity contribution is 9.09. The zero-order valence-electron chi connectivity index (χ0n) is 8.92. The second-order valence-corrected chi connectivity index (χ2v) is 4.73. The topological polar surface area (TPSA) is 25.8 Å². The van der Waals surface area contributed by atoms with Crippen LogP contribution >= 0.6 is 15.9 Å². The van der Waals surface area contributed by atoms with Crippen molar-refractivity contribution in [3.05, 3.63) is 23.5 Å². The molecule has 6 heteroatoms. The van der Waals surface area contributed by atoms with Crippen molar-refractivity contribution in [1.82, 2.24) is 10.2 Å². The molecule has 2 unspecified atom stereocenters. The number of rotatable bonds is 3. The summed E-state index contributed by atoms with van der Waals surface area (Å²) in [7, 11) is 0. The van der Waals surface area contributed by atoms with E-state index >= 15 is 0 Å². The molecule has 0 fully saturated rings. The van der Waals surface area contributed by atoms with Crippen molar-refractivity contribution in [2.24, 2.45) is 0 Å². The summed E-state index contributed by atoms with van der Waals surface area (Å²) < 4.78 is 36.7. The summed E-state index contributed by atoms with van der Waals surface area (Å²) in [5.41, 5.74) is -0.386. The van der Waals surface area contributed by atoms with Crippen molar-refractivity contribution in [3.8, 4) is 0 Å². The molecule has 0 aromatic carbocycles. The second kappa shape index (κ2) is 5.12. The molecule has 0 radical (unpaired) electrons. The number of halogens is 4. The molecule has 1 heterocycles. The van der Waals surface area contributed by atoms with E-state index in [1.165, 1.54) is 6.07 Å². The molecule has 0 N–H and O–H groups in total. The van der Waals surface area contributed by atoms with Gasteiger partial charge in [0.05, 0.1) is 5.69 Å². The molecule has 0 aliphatic carbocycles. The summed E-state index contributed by atoms with van der Waals surface area (Å²) in [6.07, 6.45) is -3.54. The van der Waals surface area contributed by atoms with Crippen molar-refractivity contribution in [1.29, 1.82) is 0 Å². The Morgan fingerprint density at radius 1 is 1.31 bits per heavy atom. The summed E-state index contributed by atoms with van der Waals surface area (Å²) in [6, 6.07) is 2.35. The first-order chi connectivity index (χ1) is 7.36. The normalized spacial score (nSPS) is 15.9. The van der Waals surface area contributed by atoms with Gasteiger partial charge in [0, 0.05) is 10.7 Å². The fourth-order valence-corrected chi connectivity index (χ4v) is 1.55. The van der Waals surface area contributed by atoms with Gasteiger partial charge in [0.1, 0.15) is 0 Å². The van der Waals surface area contributed by atoms with Gasteiger partial charge in [-0.3, -0.25) is 0 Å². The Morgan fingerprint density at radius 2 is 1.94 bits per heavy atom. The van der Waals surface area contributed by atoms with Crippen molar-refractivity contribution in [2.75, 3.05) is 0 Å². The molecule has 1 aromatic heterocycles. The van der Waals surface area contributed by atoms with Gasteiger partial charge in [0.25, 0.3) is 0 Å². The van der Waals surface area contributed by atoms with E-state index in [4.69, 9.17) is 0 Å². The van der Waals surface area contributed by atoms with E-state index in [-0.39, 0.29) is 10.7 Å². The van der Waals surface area contributed by atoms with Gasteiger partial charge in [0.15, 0.2) is 5.69 Å². The van der Waals surface area contributed by atoms with Crippen LogP contribution in [-0.4, -0.2) is 15.0 Å². The number of aromatic nitrogens is 2. The highest BCUT2D eigenvalue weighted by atomic mass is 79.9. The highest BCUT2D eigenvalue weighted by Crippen LogP contribution is 2.29. The zero-order chi connectivity index (χ0) is 12.3. The molecule has 0 aliphatic rings. The molecular formula is C10H12BrF3N2. The molecule has 0 saturated carbocycles. The van der Waals surface area contributed by atoms with E-state index in [1.807, 2.05) is 13.8 Å². The van der Waals surface area contributed by atoms with Crippen molar-refractivity contribution in [2.45, 2.75) is 37.2 Å². The van der Waals surface area contributed by atoms with E-state index in [9.17, 15) is 13.2 Å². The largest absolute Gasteiger partial charge is 0.435 e. The zero-order valence-corrected chi connectivity index (χ0v) is 10.5. The first-order valence-electron chi connectivity index (χ1n) is 4.91. The first kappa shape index (κ1) is 13.4. The number of hydrogen-bond acceptors (Lipinski definition) is 2. The SMILES string of the molecule is CCC(Br)C(C)c1ccc(C(F)(F)F)nn1. The number of hydrogen-bond donors (Lipinski definition) is 0. The maximum atomic E-state index is 12.2. The lowest BCUT2D eigenvalue weighted by Crippen LogP contribution is -2.14. The lowest BCUT2D eigenvalue weighted by Gasteiger charge is -2.15. The van der Waals surface area contributed by atoms with Crippen molar-refractivity contribution < 1.29 is 13.2 Å². The molecule has 0 spiro atoms. The van der Waals surface area contributed by atoms with Crippen LogP contribution < -0.4 is 0 Å². The lowest BCUT2D eigenvalue weighted by atomic mass is 10.0. The summed E-state index contributed by atoms with van der Waals surface area (Å²) >= 11 is 3.45.